The number of aromatic nitrogens is 1. The fourth-order valence-corrected chi connectivity index (χ4v) is 4.58. The number of benzene rings is 2. The fourth-order valence-electron chi connectivity index (χ4n) is 4.58. The van der Waals surface area contributed by atoms with Gasteiger partial charge in [-0.2, -0.15) is 0 Å². The molecule has 1 heterocycles. The first-order valence-electron chi connectivity index (χ1n) is 15.4. The van der Waals surface area contributed by atoms with E-state index in [2.05, 4.69) is 45.0 Å². The van der Waals surface area contributed by atoms with Gasteiger partial charge < -0.3 is 30.3 Å². The topological polar surface area (TPSA) is 134 Å². The van der Waals surface area contributed by atoms with E-state index in [1.807, 2.05) is 19.1 Å². The number of rotatable bonds is 14. The van der Waals surface area contributed by atoms with E-state index >= 15 is 0 Å². The number of hydrogen-bond acceptors (Lipinski definition) is 7. The molecule has 1 unspecified atom stereocenters. The third kappa shape index (κ3) is 11.8. The minimum atomic E-state index is -0.665. The Morgan fingerprint density at radius 1 is 0.889 bits per heavy atom. The van der Waals surface area contributed by atoms with Crippen molar-refractivity contribution in [3.8, 4) is 5.75 Å². The fraction of sp³-hybridized carbons (Fsp3) is 0.412. The molecule has 45 heavy (non-hydrogen) atoms. The maximum absolute atomic E-state index is 13.1. The van der Waals surface area contributed by atoms with Gasteiger partial charge in [-0.05, 0) is 96.1 Å². The van der Waals surface area contributed by atoms with Gasteiger partial charge in [0.25, 0.3) is 5.91 Å². The molecular weight excluding hydrogens is 572 g/mol. The van der Waals surface area contributed by atoms with E-state index in [0.717, 1.165) is 31.6 Å². The highest BCUT2D eigenvalue weighted by Gasteiger charge is 2.20. The van der Waals surface area contributed by atoms with E-state index in [4.69, 9.17) is 9.47 Å². The number of carbonyl (C=O) groups is 3. The number of hydrogen-bond donors (Lipinski definition) is 4. The van der Waals surface area contributed by atoms with Crippen LogP contribution in [0.15, 0.2) is 66.9 Å². The van der Waals surface area contributed by atoms with Gasteiger partial charge in [0.1, 0.15) is 17.0 Å². The molecule has 3 rings (SSSR count). The summed E-state index contributed by atoms with van der Waals surface area (Å²) >= 11 is 0. The van der Waals surface area contributed by atoms with Crippen molar-refractivity contribution in [2.45, 2.75) is 66.0 Å². The van der Waals surface area contributed by atoms with E-state index in [1.54, 1.807) is 75.5 Å². The molecule has 1 aromatic heterocycles. The third-order valence-corrected chi connectivity index (χ3v) is 6.80. The van der Waals surface area contributed by atoms with Crippen molar-refractivity contribution in [3.63, 3.8) is 0 Å². The maximum atomic E-state index is 13.1. The molecule has 3 aromatic rings. The van der Waals surface area contributed by atoms with Crippen LogP contribution in [0.3, 0.4) is 0 Å². The number of anilines is 3. The summed E-state index contributed by atoms with van der Waals surface area (Å²) in [7, 11) is 0. The highest BCUT2D eigenvalue weighted by atomic mass is 16.6. The van der Waals surface area contributed by atoms with Crippen molar-refractivity contribution in [2.75, 3.05) is 42.2 Å². The van der Waals surface area contributed by atoms with Gasteiger partial charge in [-0.1, -0.05) is 38.1 Å². The largest absolute Gasteiger partial charge is 0.494 e. The summed E-state index contributed by atoms with van der Waals surface area (Å²) in [6.07, 6.45) is 2.52. The van der Waals surface area contributed by atoms with Gasteiger partial charge in [0.2, 0.25) is 0 Å². The van der Waals surface area contributed by atoms with Crippen molar-refractivity contribution in [2.24, 2.45) is 0 Å². The molecule has 4 N–H and O–H groups in total. The van der Waals surface area contributed by atoms with Crippen LogP contribution in [0.1, 0.15) is 76.5 Å². The molecule has 0 aliphatic carbocycles. The zero-order valence-corrected chi connectivity index (χ0v) is 27.1. The first-order chi connectivity index (χ1) is 21.5. The Kier molecular flexibility index (Phi) is 13.2. The first-order valence-corrected chi connectivity index (χ1v) is 15.4. The molecule has 0 saturated carbocycles. The second kappa shape index (κ2) is 17.0. The average Bonchev–Trinajstić information content (AvgIpc) is 2.99. The van der Waals surface area contributed by atoms with Gasteiger partial charge >= 0.3 is 12.1 Å². The molecule has 0 spiro atoms. The molecule has 242 valence electrons. The summed E-state index contributed by atoms with van der Waals surface area (Å²) in [6.45, 7) is 14.8. The average molecular weight is 619 g/mol. The van der Waals surface area contributed by atoms with E-state index in [9.17, 15) is 14.4 Å². The molecule has 1 atom stereocenters. The predicted molar refractivity (Wildman–Crippen MR) is 178 cm³/mol. The zero-order chi connectivity index (χ0) is 32.8. The summed E-state index contributed by atoms with van der Waals surface area (Å²) in [5.74, 6) is 0.227. The monoisotopic (exact) mass is 618 g/mol. The number of para-hydroxylation sites is 2. The number of pyridine rings is 1. The van der Waals surface area contributed by atoms with Gasteiger partial charge in [0.15, 0.2) is 0 Å². The Morgan fingerprint density at radius 2 is 1.60 bits per heavy atom. The highest BCUT2D eigenvalue weighted by Crippen LogP contribution is 2.24. The highest BCUT2D eigenvalue weighted by molar-refractivity contribution is 6.05. The Bertz CT molecular complexity index is 1400. The van der Waals surface area contributed by atoms with Crippen molar-refractivity contribution >= 4 is 35.1 Å². The van der Waals surface area contributed by atoms with E-state index in [1.165, 1.54) is 0 Å². The predicted octanol–water partition coefficient (Wildman–Crippen LogP) is 7.06. The van der Waals surface area contributed by atoms with Crippen LogP contribution < -0.4 is 26.0 Å². The molecule has 0 bridgehead atoms. The SMILES string of the molecule is CCOc1cccc(NC(=O)NC(CCCN(CC)CC)c2ccc(C(=O)Nc3ccccc3NC(=O)OC(C)(C)C)nc2)c1. The van der Waals surface area contributed by atoms with E-state index < -0.39 is 17.6 Å². The summed E-state index contributed by atoms with van der Waals surface area (Å²) in [5, 5.41) is 11.4. The first kappa shape index (κ1) is 34.8. The normalized spacial score (nSPS) is 11.8. The smallest absolute Gasteiger partial charge is 0.412 e. The van der Waals surface area contributed by atoms with Gasteiger partial charge in [-0.25, -0.2) is 9.59 Å². The van der Waals surface area contributed by atoms with Gasteiger partial charge in [0.05, 0.1) is 24.0 Å². The molecular formula is C34H46N6O5. The number of nitrogens with zero attached hydrogens (tertiary/aromatic N) is 2. The summed E-state index contributed by atoms with van der Waals surface area (Å²) in [4.78, 5) is 45.2. The third-order valence-electron chi connectivity index (χ3n) is 6.80. The van der Waals surface area contributed by atoms with Crippen LogP contribution in [-0.2, 0) is 4.74 Å². The molecule has 0 aliphatic heterocycles. The summed E-state index contributed by atoms with van der Waals surface area (Å²) in [6, 6.07) is 16.8. The lowest BCUT2D eigenvalue weighted by Crippen LogP contribution is -2.33. The second-order valence-electron chi connectivity index (χ2n) is 11.4. The molecule has 11 heteroatoms. The number of carbonyl (C=O) groups excluding carboxylic acids is 3. The summed E-state index contributed by atoms with van der Waals surface area (Å²) < 4.78 is 10.9. The molecule has 11 nitrogen and oxygen atoms in total. The summed E-state index contributed by atoms with van der Waals surface area (Å²) in [5.41, 5.74) is 1.71. The lowest BCUT2D eigenvalue weighted by Gasteiger charge is -2.22. The molecule has 0 saturated heterocycles. The van der Waals surface area contributed by atoms with Gasteiger partial charge in [0, 0.05) is 18.0 Å². The van der Waals surface area contributed by atoms with Gasteiger partial charge in [-0.15, -0.1) is 0 Å². The number of nitrogens with one attached hydrogen (secondary N) is 4. The van der Waals surface area contributed by atoms with Crippen LogP contribution in [0.4, 0.5) is 26.7 Å². The van der Waals surface area contributed by atoms with Crippen LogP contribution in [0.25, 0.3) is 0 Å². The van der Waals surface area contributed by atoms with E-state index in [-0.39, 0.29) is 17.8 Å². The lowest BCUT2D eigenvalue weighted by molar-refractivity contribution is 0.0635. The quantitative estimate of drug-likeness (QED) is 0.152. The number of ether oxygens (including phenoxy) is 2. The molecule has 2 aromatic carbocycles. The Hall–Kier alpha value is -4.64. The minimum Gasteiger partial charge on any atom is -0.494 e. The van der Waals surface area contributed by atoms with Gasteiger partial charge in [-0.3, -0.25) is 15.1 Å². The Labute approximate surface area is 266 Å². The van der Waals surface area contributed by atoms with Crippen LogP contribution >= 0.6 is 0 Å². The molecule has 4 amide bonds. The number of urea groups is 1. The minimum absolute atomic E-state index is 0.185. The number of amides is 4. The Balaban J connectivity index is 1.72. The zero-order valence-electron chi connectivity index (χ0n) is 27.1. The van der Waals surface area contributed by atoms with E-state index in [0.29, 0.717) is 35.8 Å². The standard InChI is InChI=1S/C34H46N6O5/c1-7-40(8-2)21-13-18-27(38-32(42)36-25-14-12-15-26(22-25)44-9-3)24-19-20-30(35-23-24)31(41)37-28-16-10-11-17-29(28)39-33(43)45-34(4,5)6/h10-12,14-17,19-20,22-23,27H,7-9,13,18,21H2,1-6H3,(H,37,41)(H,39,43)(H2,36,38,42). The second-order valence-corrected chi connectivity index (χ2v) is 11.4. The van der Waals surface area contributed by atoms with Crippen molar-refractivity contribution < 1.29 is 23.9 Å². The van der Waals surface area contributed by atoms with Crippen LogP contribution in [-0.4, -0.2) is 59.8 Å². The van der Waals surface area contributed by atoms with Crippen molar-refractivity contribution in [1.29, 1.82) is 0 Å². The molecule has 0 aliphatic rings. The van der Waals surface area contributed by atoms with Crippen LogP contribution in [0.2, 0.25) is 0 Å². The lowest BCUT2D eigenvalue weighted by atomic mass is 10.0. The Morgan fingerprint density at radius 3 is 2.22 bits per heavy atom. The maximum Gasteiger partial charge on any atom is 0.412 e. The van der Waals surface area contributed by atoms with Crippen LogP contribution in [0.5, 0.6) is 5.75 Å². The van der Waals surface area contributed by atoms with Crippen molar-refractivity contribution in [1.82, 2.24) is 15.2 Å². The molecule has 0 fully saturated rings. The van der Waals surface area contributed by atoms with Crippen molar-refractivity contribution in [3.05, 3.63) is 78.1 Å². The molecule has 0 radical (unpaired) electrons. The van der Waals surface area contributed by atoms with Crippen LogP contribution in [0, 0.1) is 0 Å².